The van der Waals surface area contributed by atoms with Crippen molar-refractivity contribution in [3.63, 3.8) is 0 Å². The predicted molar refractivity (Wildman–Crippen MR) is 105 cm³/mol. The third kappa shape index (κ3) is 5.93. The molecule has 5 nitrogen and oxygen atoms in total. The summed E-state index contributed by atoms with van der Waals surface area (Å²) in [6, 6.07) is 13.2. The van der Waals surface area contributed by atoms with Gasteiger partial charge in [0.1, 0.15) is 11.5 Å². The van der Waals surface area contributed by atoms with Crippen LogP contribution in [-0.4, -0.2) is 37.6 Å². The molecule has 0 radical (unpaired) electrons. The van der Waals surface area contributed by atoms with E-state index in [4.69, 9.17) is 21.1 Å². The molecular formula is C20H25ClN2O3. The van der Waals surface area contributed by atoms with E-state index in [0.717, 1.165) is 5.56 Å². The summed E-state index contributed by atoms with van der Waals surface area (Å²) >= 11 is 6.06. The van der Waals surface area contributed by atoms with Crippen molar-refractivity contribution in [3.8, 4) is 11.5 Å². The van der Waals surface area contributed by atoms with Crippen LogP contribution >= 0.6 is 11.6 Å². The summed E-state index contributed by atoms with van der Waals surface area (Å²) in [7, 11) is 3.15. The number of methoxy groups -OCH3 is 2. The van der Waals surface area contributed by atoms with Crippen LogP contribution in [0.25, 0.3) is 0 Å². The first-order chi connectivity index (χ1) is 12.4. The minimum absolute atomic E-state index is 0.101. The van der Waals surface area contributed by atoms with Crippen LogP contribution in [0.5, 0.6) is 11.5 Å². The lowest BCUT2D eigenvalue weighted by Gasteiger charge is -2.26. The van der Waals surface area contributed by atoms with Crippen LogP contribution in [0.1, 0.15) is 19.4 Å². The second kappa shape index (κ2) is 9.46. The number of halogens is 1. The normalized spacial score (nSPS) is 10.9. The molecule has 0 aliphatic rings. The molecule has 140 valence electrons. The van der Waals surface area contributed by atoms with Crippen molar-refractivity contribution in [2.24, 2.45) is 0 Å². The Morgan fingerprint density at radius 2 is 1.77 bits per heavy atom. The average molecular weight is 377 g/mol. The molecule has 0 aliphatic carbocycles. The van der Waals surface area contributed by atoms with Gasteiger partial charge in [-0.05, 0) is 31.5 Å². The molecule has 0 unspecified atom stereocenters. The summed E-state index contributed by atoms with van der Waals surface area (Å²) < 4.78 is 10.5. The van der Waals surface area contributed by atoms with Gasteiger partial charge in [-0.1, -0.05) is 23.7 Å². The third-order valence-electron chi connectivity index (χ3n) is 3.99. The number of rotatable bonds is 8. The molecule has 0 atom stereocenters. The van der Waals surface area contributed by atoms with Crippen LogP contribution in [0.2, 0.25) is 5.02 Å². The highest BCUT2D eigenvalue weighted by atomic mass is 35.5. The van der Waals surface area contributed by atoms with Crippen LogP contribution in [0.3, 0.4) is 0 Å². The van der Waals surface area contributed by atoms with Gasteiger partial charge in [0.25, 0.3) is 0 Å². The smallest absolute Gasteiger partial charge is 0.238 e. The number of amides is 1. The van der Waals surface area contributed by atoms with Gasteiger partial charge in [0.05, 0.1) is 20.8 Å². The summed E-state index contributed by atoms with van der Waals surface area (Å²) in [5, 5.41) is 3.60. The van der Waals surface area contributed by atoms with Crippen LogP contribution < -0.4 is 14.8 Å². The molecule has 0 aliphatic heterocycles. The average Bonchev–Trinajstić information content (AvgIpc) is 2.60. The lowest BCUT2D eigenvalue weighted by molar-refractivity contribution is -0.117. The minimum Gasteiger partial charge on any atom is -0.497 e. The molecule has 0 saturated carbocycles. The molecule has 0 saturated heterocycles. The van der Waals surface area contributed by atoms with Crippen molar-refractivity contribution in [3.05, 3.63) is 53.1 Å². The summed E-state index contributed by atoms with van der Waals surface area (Å²) in [4.78, 5) is 14.6. The van der Waals surface area contributed by atoms with E-state index in [0.29, 0.717) is 28.8 Å². The van der Waals surface area contributed by atoms with Crippen LogP contribution in [0.4, 0.5) is 5.69 Å². The maximum Gasteiger partial charge on any atom is 0.238 e. The number of carbonyl (C=O) groups excluding carboxylic acids is 1. The molecular weight excluding hydrogens is 352 g/mol. The zero-order valence-corrected chi connectivity index (χ0v) is 16.3. The molecule has 0 heterocycles. The van der Waals surface area contributed by atoms with Crippen molar-refractivity contribution >= 4 is 23.2 Å². The Labute approximate surface area is 159 Å². The lowest BCUT2D eigenvalue weighted by atomic mass is 10.2. The number of hydrogen-bond acceptors (Lipinski definition) is 4. The Kier molecular flexibility index (Phi) is 7.30. The molecule has 2 aromatic rings. The van der Waals surface area contributed by atoms with E-state index in [2.05, 4.69) is 24.1 Å². The van der Waals surface area contributed by atoms with Crippen LogP contribution in [0.15, 0.2) is 42.5 Å². The zero-order valence-electron chi connectivity index (χ0n) is 15.6. The highest BCUT2D eigenvalue weighted by Gasteiger charge is 2.15. The molecule has 1 amide bonds. The SMILES string of the molecule is COc1cc(NC(=O)CN(Cc2cccc(Cl)c2)C(C)C)cc(OC)c1. The van der Waals surface area contributed by atoms with E-state index in [-0.39, 0.29) is 18.5 Å². The maximum atomic E-state index is 12.5. The number of nitrogens with zero attached hydrogens (tertiary/aromatic N) is 1. The Bertz CT molecular complexity index is 727. The van der Waals surface area contributed by atoms with Gasteiger partial charge in [0.2, 0.25) is 5.91 Å². The van der Waals surface area contributed by atoms with Gasteiger partial charge in [-0.3, -0.25) is 9.69 Å². The molecule has 2 aromatic carbocycles. The van der Waals surface area contributed by atoms with Gasteiger partial charge in [-0.25, -0.2) is 0 Å². The highest BCUT2D eigenvalue weighted by Crippen LogP contribution is 2.25. The quantitative estimate of drug-likeness (QED) is 0.749. The van der Waals surface area contributed by atoms with E-state index in [1.807, 2.05) is 24.3 Å². The first kappa shape index (κ1) is 20.1. The van der Waals surface area contributed by atoms with Crippen molar-refractivity contribution in [1.29, 1.82) is 0 Å². The van der Waals surface area contributed by atoms with Crippen LogP contribution in [0, 0.1) is 0 Å². The number of nitrogens with one attached hydrogen (secondary N) is 1. The highest BCUT2D eigenvalue weighted by molar-refractivity contribution is 6.30. The molecule has 0 aromatic heterocycles. The minimum atomic E-state index is -0.101. The van der Waals surface area contributed by atoms with Gasteiger partial charge < -0.3 is 14.8 Å². The summed E-state index contributed by atoms with van der Waals surface area (Å²) in [5.41, 5.74) is 1.71. The Balaban J connectivity index is 2.06. The van der Waals surface area contributed by atoms with E-state index in [1.165, 1.54) is 0 Å². The molecule has 6 heteroatoms. The first-order valence-corrected chi connectivity index (χ1v) is 8.80. The van der Waals surface area contributed by atoms with Crippen molar-refractivity contribution in [1.82, 2.24) is 4.90 Å². The summed E-state index contributed by atoms with van der Waals surface area (Å²) in [6.07, 6.45) is 0. The fraction of sp³-hybridized carbons (Fsp3) is 0.350. The molecule has 2 rings (SSSR count). The van der Waals surface area contributed by atoms with Gasteiger partial charge in [0.15, 0.2) is 0 Å². The van der Waals surface area contributed by atoms with Crippen molar-refractivity contribution in [2.45, 2.75) is 26.4 Å². The molecule has 0 fully saturated rings. The topological polar surface area (TPSA) is 50.8 Å². The van der Waals surface area contributed by atoms with E-state index in [1.54, 1.807) is 32.4 Å². The number of anilines is 1. The number of ether oxygens (including phenoxy) is 2. The second-order valence-corrected chi connectivity index (χ2v) is 6.71. The van der Waals surface area contributed by atoms with E-state index < -0.39 is 0 Å². The van der Waals surface area contributed by atoms with E-state index in [9.17, 15) is 4.79 Å². The molecule has 1 N–H and O–H groups in total. The largest absolute Gasteiger partial charge is 0.497 e. The fourth-order valence-electron chi connectivity index (χ4n) is 2.56. The standard InChI is InChI=1S/C20H25ClN2O3/c1-14(2)23(12-15-6-5-7-16(21)8-15)13-20(24)22-17-9-18(25-3)11-19(10-17)26-4/h5-11,14H,12-13H2,1-4H3,(H,22,24). The first-order valence-electron chi connectivity index (χ1n) is 8.42. The van der Waals surface area contributed by atoms with Gasteiger partial charge in [-0.15, -0.1) is 0 Å². The van der Waals surface area contributed by atoms with Gasteiger partial charge >= 0.3 is 0 Å². The lowest BCUT2D eigenvalue weighted by Crippen LogP contribution is -2.37. The maximum absolute atomic E-state index is 12.5. The molecule has 26 heavy (non-hydrogen) atoms. The fourth-order valence-corrected chi connectivity index (χ4v) is 2.77. The number of benzene rings is 2. The Morgan fingerprint density at radius 1 is 1.12 bits per heavy atom. The summed E-state index contributed by atoms with van der Waals surface area (Å²) in [5.74, 6) is 1.15. The second-order valence-electron chi connectivity index (χ2n) is 6.28. The third-order valence-corrected chi connectivity index (χ3v) is 4.22. The monoisotopic (exact) mass is 376 g/mol. The number of hydrogen-bond donors (Lipinski definition) is 1. The van der Waals surface area contributed by atoms with Crippen molar-refractivity contribution in [2.75, 3.05) is 26.1 Å². The van der Waals surface area contributed by atoms with E-state index >= 15 is 0 Å². The predicted octanol–water partition coefficient (Wildman–Crippen LogP) is 4.21. The Hall–Kier alpha value is -2.24. The summed E-state index contributed by atoms with van der Waals surface area (Å²) in [6.45, 7) is 5.04. The molecule has 0 bridgehead atoms. The van der Waals surface area contributed by atoms with Crippen LogP contribution in [-0.2, 0) is 11.3 Å². The van der Waals surface area contributed by atoms with Gasteiger partial charge in [-0.2, -0.15) is 0 Å². The Morgan fingerprint density at radius 3 is 2.31 bits per heavy atom. The number of carbonyl (C=O) groups is 1. The van der Waals surface area contributed by atoms with Crippen molar-refractivity contribution < 1.29 is 14.3 Å². The zero-order chi connectivity index (χ0) is 19.1. The molecule has 0 spiro atoms. The van der Waals surface area contributed by atoms with Gasteiger partial charge in [0, 0.05) is 41.5 Å².